The average molecular weight is 342 g/mol. The van der Waals surface area contributed by atoms with E-state index in [-0.39, 0.29) is 12.2 Å². The monoisotopic (exact) mass is 342 g/mol. The van der Waals surface area contributed by atoms with E-state index in [0.717, 1.165) is 5.56 Å². The SMILES string of the molecule is COC(=O)c1nnn(Cc2nnnn2Cc2ccccc2)c1CCN. The zero-order chi connectivity index (χ0) is 17.6. The molecule has 130 valence electrons. The summed E-state index contributed by atoms with van der Waals surface area (Å²) in [6.07, 6.45) is 0.442. The molecule has 0 bridgehead atoms. The predicted octanol–water partition coefficient (Wildman–Crippen LogP) is -0.351. The highest BCUT2D eigenvalue weighted by Gasteiger charge is 2.21. The molecule has 0 saturated heterocycles. The highest BCUT2D eigenvalue weighted by molar-refractivity contribution is 5.88. The van der Waals surface area contributed by atoms with Crippen molar-refractivity contribution in [3.05, 3.63) is 53.1 Å². The van der Waals surface area contributed by atoms with Crippen molar-refractivity contribution in [2.24, 2.45) is 5.73 Å². The smallest absolute Gasteiger partial charge is 0.360 e. The number of nitrogens with zero attached hydrogens (tertiary/aromatic N) is 7. The maximum absolute atomic E-state index is 11.8. The van der Waals surface area contributed by atoms with Gasteiger partial charge in [0, 0.05) is 6.42 Å². The average Bonchev–Trinajstić information content (AvgIpc) is 3.24. The summed E-state index contributed by atoms with van der Waals surface area (Å²) in [5.74, 6) is 0.0574. The quantitative estimate of drug-likeness (QED) is 0.577. The van der Waals surface area contributed by atoms with Crippen molar-refractivity contribution >= 4 is 5.97 Å². The molecule has 10 nitrogen and oxygen atoms in total. The number of hydrogen-bond donors (Lipinski definition) is 1. The Bertz CT molecular complexity index is 842. The largest absolute Gasteiger partial charge is 0.464 e. The maximum Gasteiger partial charge on any atom is 0.360 e. The van der Waals surface area contributed by atoms with E-state index in [4.69, 9.17) is 10.5 Å². The second-order valence-corrected chi connectivity index (χ2v) is 5.31. The zero-order valence-electron chi connectivity index (χ0n) is 13.7. The van der Waals surface area contributed by atoms with Crippen molar-refractivity contribution in [2.45, 2.75) is 19.5 Å². The van der Waals surface area contributed by atoms with Gasteiger partial charge in [0.2, 0.25) is 0 Å². The Morgan fingerprint density at radius 2 is 1.92 bits per heavy atom. The van der Waals surface area contributed by atoms with E-state index in [0.29, 0.717) is 31.0 Å². The molecule has 0 fully saturated rings. The molecule has 0 atom stereocenters. The zero-order valence-corrected chi connectivity index (χ0v) is 13.7. The van der Waals surface area contributed by atoms with Crippen LogP contribution in [0.3, 0.4) is 0 Å². The Hall–Kier alpha value is -3.14. The van der Waals surface area contributed by atoms with Crippen molar-refractivity contribution in [1.29, 1.82) is 0 Å². The van der Waals surface area contributed by atoms with E-state index >= 15 is 0 Å². The minimum Gasteiger partial charge on any atom is -0.464 e. The van der Waals surface area contributed by atoms with E-state index < -0.39 is 5.97 Å². The molecular formula is C15H18N8O2. The maximum atomic E-state index is 11.8. The summed E-state index contributed by atoms with van der Waals surface area (Å²) in [4.78, 5) is 11.8. The van der Waals surface area contributed by atoms with Gasteiger partial charge in [0.25, 0.3) is 0 Å². The third kappa shape index (κ3) is 3.69. The van der Waals surface area contributed by atoms with Crippen LogP contribution in [-0.2, 0) is 24.2 Å². The summed E-state index contributed by atoms with van der Waals surface area (Å²) in [5, 5.41) is 19.7. The van der Waals surface area contributed by atoms with Crippen LogP contribution in [0.4, 0.5) is 0 Å². The topological polar surface area (TPSA) is 127 Å². The highest BCUT2D eigenvalue weighted by atomic mass is 16.5. The Balaban J connectivity index is 1.85. The van der Waals surface area contributed by atoms with Gasteiger partial charge in [-0.05, 0) is 22.5 Å². The summed E-state index contributed by atoms with van der Waals surface area (Å²) in [7, 11) is 1.30. The van der Waals surface area contributed by atoms with Crippen molar-refractivity contribution in [3.8, 4) is 0 Å². The first-order chi connectivity index (χ1) is 12.2. The molecule has 0 saturated carbocycles. The van der Waals surface area contributed by atoms with Gasteiger partial charge in [-0.25, -0.2) is 14.2 Å². The highest BCUT2D eigenvalue weighted by Crippen LogP contribution is 2.10. The van der Waals surface area contributed by atoms with Crippen LogP contribution in [0.5, 0.6) is 0 Å². The van der Waals surface area contributed by atoms with Gasteiger partial charge in [-0.3, -0.25) is 0 Å². The van der Waals surface area contributed by atoms with Crippen LogP contribution in [0.2, 0.25) is 0 Å². The molecule has 0 spiro atoms. The number of methoxy groups -OCH3 is 1. The lowest BCUT2D eigenvalue weighted by molar-refractivity contribution is 0.0592. The molecule has 3 rings (SSSR count). The minimum absolute atomic E-state index is 0.162. The van der Waals surface area contributed by atoms with E-state index in [9.17, 15) is 4.79 Å². The van der Waals surface area contributed by atoms with Gasteiger partial charge in [0.1, 0.15) is 6.54 Å². The summed E-state index contributed by atoms with van der Waals surface area (Å²) in [5.41, 5.74) is 7.48. The first kappa shape index (κ1) is 16.7. The van der Waals surface area contributed by atoms with E-state index in [1.54, 1.807) is 9.36 Å². The summed E-state index contributed by atoms with van der Waals surface area (Å²) in [6.45, 7) is 1.17. The number of nitrogens with two attached hydrogens (primary N) is 1. The van der Waals surface area contributed by atoms with Crippen molar-refractivity contribution in [3.63, 3.8) is 0 Å². The molecule has 3 aromatic rings. The fourth-order valence-electron chi connectivity index (χ4n) is 2.45. The Morgan fingerprint density at radius 1 is 1.12 bits per heavy atom. The summed E-state index contributed by atoms with van der Waals surface area (Å²) >= 11 is 0. The summed E-state index contributed by atoms with van der Waals surface area (Å²) in [6, 6.07) is 9.86. The van der Waals surface area contributed by atoms with Crippen LogP contribution in [0.15, 0.2) is 30.3 Å². The molecule has 0 aliphatic rings. The summed E-state index contributed by atoms with van der Waals surface area (Å²) < 4.78 is 7.99. The first-order valence-corrected chi connectivity index (χ1v) is 7.72. The second kappa shape index (κ2) is 7.62. The number of carbonyl (C=O) groups is 1. The Kier molecular flexibility index (Phi) is 5.09. The Morgan fingerprint density at radius 3 is 2.64 bits per heavy atom. The van der Waals surface area contributed by atoms with Crippen LogP contribution >= 0.6 is 0 Å². The van der Waals surface area contributed by atoms with Gasteiger partial charge in [0.15, 0.2) is 11.5 Å². The third-order valence-electron chi connectivity index (χ3n) is 3.67. The fraction of sp³-hybridized carbons (Fsp3) is 0.333. The van der Waals surface area contributed by atoms with Gasteiger partial charge in [-0.15, -0.1) is 10.2 Å². The Labute approximate surface area is 143 Å². The van der Waals surface area contributed by atoms with Crippen molar-refractivity contribution in [2.75, 3.05) is 13.7 Å². The van der Waals surface area contributed by atoms with Crippen LogP contribution in [0.1, 0.15) is 27.6 Å². The molecule has 2 aromatic heterocycles. The molecule has 0 unspecified atom stereocenters. The molecule has 2 N–H and O–H groups in total. The van der Waals surface area contributed by atoms with Gasteiger partial charge < -0.3 is 10.5 Å². The lowest BCUT2D eigenvalue weighted by atomic mass is 10.2. The second-order valence-electron chi connectivity index (χ2n) is 5.31. The molecule has 25 heavy (non-hydrogen) atoms. The number of benzene rings is 1. The normalized spacial score (nSPS) is 10.8. The van der Waals surface area contributed by atoms with Gasteiger partial charge in [-0.2, -0.15) is 0 Å². The predicted molar refractivity (Wildman–Crippen MR) is 86.6 cm³/mol. The number of ether oxygens (including phenoxy) is 1. The van der Waals surface area contributed by atoms with Gasteiger partial charge in [0.05, 0.1) is 19.3 Å². The number of carbonyl (C=O) groups excluding carboxylic acids is 1. The molecule has 0 aliphatic heterocycles. The van der Waals surface area contributed by atoms with Crippen LogP contribution < -0.4 is 5.73 Å². The number of rotatable bonds is 7. The molecule has 0 aliphatic carbocycles. The molecule has 0 amide bonds. The lowest BCUT2D eigenvalue weighted by Gasteiger charge is -2.07. The number of hydrogen-bond acceptors (Lipinski definition) is 8. The van der Waals surface area contributed by atoms with E-state index in [1.165, 1.54) is 7.11 Å². The van der Waals surface area contributed by atoms with Crippen LogP contribution in [0.25, 0.3) is 0 Å². The van der Waals surface area contributed by atoms with Crippen molar-refractivity contribution in [1.82, 2.24) is 35.2 Å². The molecule has 2 heterocycles. The minimum atomic E-state index is -0.543. The third-order valence-corrected chi connectivity index (χ3v) is 3.67. The van der Waals surface area contributed by atoms with E-state index in [2.05, 4.69) is 25.8 Å². The first-order valence-electron chi connectivity index (χ1n) is 7.72. The molecular weight excluding hydrogens is 324 g/mol. The molecule has 1 aromatic carbocycles. The standard InChI is InChI=1S/C15H18N8O2/c1-25-15(24)14-12(7-8-16)22(20-18-14)10-13-17-19-21-23(13)9-11-5-3-2-4-6-11/h2-6H,7-10,16H2,1H3. The van der Waals surface area contributed by atoms with Gasteiger partial charge in [-0.1, -0.05) is 35.5 Å². The lowest BCUT2D eigenvalue weighted by Crippen LogP contribution is -2.17. The molecule has 10 heteroatoms. The van der Waals surface area contributed by atoms with Crippen LogP contribution in [0, 0.1) is 0 Å². The number of aromatic nitrogens is 7. The van der Waals surface area contributed by atoms with Gasteiger partial charge >= 0.3 is 5.97 Å². The van der Waals surface area contributed by atoms with E-state index in [1.807, 2.05) is 30.3 Å². The van der Waals surface area contributed by atoms with Crippen LogP contribution in [-0.4, -0.2) is 54.8 Å². The number of tetrazole rings is 1. The van der Waals surface area contributed by atoms with Crippen molar-refractivity contribution < 1.29 is 9.53 Å². The number of esters is 1. The molecule has 0 radical (unpaired) electrons. The fourth-order valence-corrected chi connectivity index (χ4v) is 2.45.